The molecule has 1 aromatic carbocycles. The molecule has 3 rings (SSSR count). The molecule has 1 aliphatic heterocycles. The van der Waals surface area contributed by atoms with Gasteiger partial charge in [-0.15, -0.1) is 0 Å². The predicted octanol–water partition coefficient (Wildman–Crippen LogP) is 1.66. The Morgan fingerprint density at radius 3 is 2.78 bits per heavy atom. The van der Waals surface area contributed by atoms with Gasteiger partial charge in [0, 0.05) is 12.6 Å². The van der Waals surface area contributed by atoms with E-state index in [2.05, 4.69) is 5.32 Å². The molecule has 1 heterocycles. The Morgan fingerprint density at radius 1 is 1.33 bits per heavy atom. The van der Waals surface area contributed by atoms with Crippen LogP contribution in [0.25, 0.3) is 6.08 Å². The first-order valence-corrected chi connectivity index (χ1v) is 7.58. The predicted molar refractivity (Wildman–Crippen MR) is 68.9 cm³/mol. The maximum absolute atomic E-state index is 12.2. The molecule has 1 saturated carbocycles. The number of benzene rings is 1. The van der Waals surface area contributed by atoms with Gasteiger partial charge < -0.3 is 10.4 Å². The van der Waals surface area contributed by atoms with Crippen LogP contribution in [0.2, 0.25) is 0 Å². The van der Waals surface area contributed by atoms with Gasteiger partial charge in [-0.3, -0.25) is 0 Å². The summed E-state index contributed by atoms with van der Waals surface area (Å²) in [5, 5.41) is 12.6. The Kier molecular flexibility index (Phi) is 2.68. The fraction of sp³-hybridized carbons (Fsp3) is 0.385. The molecule has 2 aliphatic rings. The van der Waals surface area contributed by atoms with Crippen molar-refractivity contribution in [2.45, 2.75) is 30.2 Å². The van der Waals surface area contributed by atoms with Crippen LogP contribution in [-0.4, -0.2) is 26.1 Å². The smallest absolute Gasteiger partial charge is 0.204 e. The summed E-state index contributed by atoms with van der Waals surface area (Å²) in [6.45, 7) is 0.377. The van der Waals surface area contributed by atoms with Gasteiger partial charge in [0.15, 0.2) is 0 Å². The molecule has 1 fully saturated rings. The molecule has 4 nitrogen and oxygen atoms in total. The van der Waals surface area contributed by atoms with Crippen molar-refractivity contribution in [3.63, 3.8) is 0 Å². The molecule has 1 aromatic rings. The number of phenols is 1. The zero-order valence-electron chi connectivity index (χ0n) is 9.89. The van der Waals surface area contributed by atoms with Crippen LogP contribution in [0.1, 0.15) is 24.8 Å². The van der Waals surface area contributed by atoms with Gasteiger partial charge in [-0.1, -0.05) is 6.42 Å². The minimum atomic E-state index is -3.36. The highest BCUT2D eigenvalue weighted by molar-refractivity contribution is 7.95. The van der Waals surface area contributed by atoms with Crippen LogP contribution in [0.15, 0.2) is 28.0 Å². The monoisotopic (exact) mass is 265 g/mol. The average molecular weight is 265 g/mol. The van der Waals surface area contributed by atoms with Gasteiger partial charge in [-0.05, 0) is 42.7 Å². The van der Waals surface area contributed by atoms with Crippen LogP contribution in [0.4, 0.5) is 0 Å². The molecule has 0 unspecified atom stereocenters. The van der Waals surface area contributed by atoms with Crippen LogP contribution in [0, 0.1) is 0 Å². The number of hydrogen-bond acceptors (Lipinski definition) is 4. The van der Waals surface area contributed by atoms with E-state index < -0.39 is 9.84 Å². The highest BCUT2D eigenvalue weighted by Crippen LogP contribution is 2.34. The Morgan fingerprint density at radius 2 is 2.11 bits per heavy atom. The lowest BCUT2D eigenvalue weighted by molar-refractivity contribution is 0.351. The molecule has 2 N–H and O–H groups in total. The first-order valence-electron chi connectivity index (χ1n) is 6.09. The molecule has 0 saturated heterocycles. The van der Waals surface area contributed by atoms with Crippen molar-refractivity contribution >= 4 is 15.9 Å². The molecule has 0 atom stereocenters. The molecule has 18 heavy (non-hydrogen) atoms. The number of hydrogen-bond donors (Lipinski definition) is 2. The van der Waals surface area contributed by atoms with Gasteiger partial charge in [0.05, 0.1) is 9.80 Å². The highest BCUT2D eigenvalue weighted by Gasteiger charge is 2.30. The van der Waals surface area contributed by atoms with Gasteiger partial charge in [0.25, 0.3) is 0 Å². The topological polar surface area (TPSA) is 66.4 Å². The van der Waals surface area contributed by atoms with Crippen LogP contribution < -0.4 is 5.32 Å². The van der Waals surface area contributed by atoms with Crippen LogP contribution in [0.3, 0.4) is 0 Å². The molecule has 1 aliphatic carbocycles. The third-order valence-corrected chi connectivity index (χ3v) is 5.52. The van der Waals surface area contributed by atoms with E-state index in [0.717, 1.165) is 12.8 Å². The Bertz CT molecular complexity index is 615. The summed E-state index contributed by atoms with van der Waals surface area (Å²) in [6.07, 6.45) is 5.12. The standard InChI is InChI=1S/C13H15NO3S/c15-11-4-5-13-9(6-11)7-12(18(13,16)17)8-14-10-2-1-3-10/h4-7,10,14-15H,1-3,8H2. The number of phenolic OH excluding ortho intramolecular Hbond substituents is 1. The van der Waals surface area contributed by atoms with E-state index in [1.807, 2.05) is 0 Å². The Balaban J connectivity index is 1.86. The zero-order chi connectivity index (χ0) is 12.8. The highest BCUT2D eigenvalue weighted by atomic mass is 32.2. The number of fused-ring (bicyclic) bond motifs is 1. The van der Waals surface area contributed by atoms with Crippen molar-refractivity contribution in [2.75, 3.05) is 6.54 Å². The van der Waals surface area contributed by atoms with Crippen molar-refractivity contribution in [3.05, 3.63) is 28.7 Å². The van der Waals surface area contributed by atoms with Gasteiger partial charge in [0.2, 0.25) is 9.84 Å². The lowest BCUT2D eigenvalue weighted by atomic mass is 9.93. The molecule has 0 aromatic heterocycles. The number of nitrogens with one attached hydrogen (secondary N) is 1. The van der Waals surface area contributed by atoms with Gasteiger partial charge in [0.1, 0.15) is 5.75 Å². The minimum Gasteiger partial charge on any atom is -0.508 e. The summed E-state index contributed by atoms with van der Waals surface area (Å²) in [6, 6.07) is 4.82. The third-order valence-electron chi connectivity index (χ3n) is 3.61. The second-order valence-corrected chi connectivity index (χ2v) is 6.82. The summed E-state index contributed by atoms with van der Waals surface area (Å²) < 4.78 is 24.4. The molecule has 0 spiro atoms. The first-order chi connectivity index (χ1) is 8.57. The molecular weight excluding hydrogens is 250 g/mol. The molecule has 0 amide bonds. The third kappa shape index (κ3) is 1.83. The first kappa shape index (κ1) is 11.7. The molecule has 96 valence electrons. The summed E-state index contributed by atoms with van der Waals surface area (Å²) >= 11 is 0. The van der Waals surface area contributed by atoms with Crippen molar-refractivity contribution in [1.29, 1.82) is 0 Å². The molecule has 0 radical (unpaired) electrons. The van der Waals surface area contributed by atoms with E-state index >= 15 is 0 Å². The van der Waals surface area contributed by atoms with E-state index in [0.29, 0.717) is 28.0 Å². The maximum Gasteiger partial charge on any atom is 0.204 e. The molecule has 5 heteroatoms. The normalized spacial score (nSPS) is 21.2. The van der Waals surface area contributed by atoms with E-state index in [1.54, 1.807) is 6.08 Å². The number of sulfone groups is 1. The average Bonchev–Trinajstić information content (AvgIpc) is 2.48. The Hall–Kier alpha value is -1.33. The Labute approximate surface area is 106 Å². The summed E-state index contributed by atoms with van der Waals surface area (Å²) in [7, 11) is -3.36. The van der Waals surface area contributed by atoms with Crippen molar-refractivity contribution < 1.29 is 13.5 Å². The van der Waals surface area contributed by atoms with Crippen molar-refractivity contribution in [1.82, 2.24) is 5.32 Å². The summed E-state index contributed by atoms with van der Waals surface area (Å²) in [5.41, 5.74) is 0.584. The fourth-order valence-corrected chi connectivity index (χ4v) is 3.80. The van der Waals surface area contributed by atoms with Gasteiger partial charge in [-0.2, -0.15) is 0 Å². The van der Waals surface area contributed by atoms with Crippen LogP contribution in [0.5, 0.6) is 5.75 Å². The number of aromatic hydroxyl groups is 1. The second-order valence-electron chi connectivity index (χ2n) is 4.84. The maximum atomic E-state index is 12.2. The fourth-order valence-electron chi connectivity index (χ4n) is 2.29. The number of rotatable bonds is 3. The molecule has 0 bridgehead atoms. The van der Waals surface area contributed by atoms with E-state index in [-0.39, 0.29) is 5.75 Å². The van der Waals surface area contributed by atoms with Crippen LogP contribution in [-0.2, 0) is 9.84 Å². The summed E-state index contributed by atoms with van der Waals surface area (Å²) in [4.78, 5) is 0.695. The van der Waals surface area contributed by atoms with Crippen LogP contribution >= 0.6 is 0 Å². The second kappa shape index (κ2) is 4.10. The van der Waals surface area contributed by atoms with Gasteiger partial charge >= 0.3 is 0 Å². The van der Waals surface area contributed by atoms with Gasteiger partial charge in [-0.25, -0.2) is 8.42 Å². The SMILES string of the molecule is O=S1(=O)C(CNC2CCC2)=Cc2cc(O)ccc21. The summed E-state index contributed by atoms with van der Waals surface area (Å²) in [5.74, 6) is 0.0911. The lowest BCUT2D eigenvalue weighted by Gasteiger charge is -2.26. The lowest BCUT2D eigenvalue weighted by Crippen LogP contribution is -2.36. The zero-order valence-corrected chi connectivity index (χ0v) is 10.7. The van der Waals surface area contributed by atoms with E-state index in [4.69, 9.17) is 0 Å². The van der Waals surface area contributed by atoms with Crippen molar-refractivity contribution in [3.8, 4) is 5.75 Å². The minimum absolute atomic E-state index is 0.0911. The largest absolute Gasteiger partial charge is 0.508 e. The van der Waals surface area contributed by atoms with E-state index in [9.17, 15) is 13.5 Å². The van der Waals surface area contributed by atoms with Crippen molar-refractivity contribution in [2.24, 2.45) is 0 Å². The van der Waals surface area contributed by atoms with E-state index in [1.165, 1.54) is 24.6 Å². The quantitative estimate of drug-likeness (QED) is 0.872. The molecular formula is C13H15NO3S.